The zero-order valence-corrected chi connectivity index (χ0v) is 17.1. The summed E-state index contributed by atoms with van der Waals surface area (Å²) < 4.78 is 5.07. The number of hydrogen-bond donors (Lipinski definition) is 0. The fourth-order valence-corrected chi connectivity index (χ4v) is 4.09. The highest BCUT2D eigenvalue weighted by molar-refractivity contribution is 5.98. The number of methoxy groups -OCH3 is 1. The molecule has 2 heterocycles. The van der Waals surface area contributed by atoms with Gasteiger partial charge in [0.1, 0.15) is 0 Å². The number of benzene rings is 2. The van der Waals surface area contributed by atoms with E-state index in [1.165, 1.54) is 12.7 Å². The van der Waals surface area contributed by atoms with Crippen LogP contribution in [0.5, 0.6) is 0 Å². The Balaban J connectivity index is 1.50. The predicted octanol–water partition coefficient (Wildman–Crippen LogP) is 3.65. The standard InChI is InChI=1S/C24H27N3O2/c1-18-20-10-6-7-11-21(20)25-22(23(18)24(28)29-2)17-27-14-12-26(13-15-27)16-19-8-4-3-5-9-19/h3-11H,12-17H2,1-2H3. The first kappa shape index (κ1) is 19.6. The number of aromatic nitrogens is 1. The summed E-state index contributed by atoms with van der Waals surface area (Å²) in [5.74, 6) is -0.307. The van der Waals surface area contributed by atoms with Crippen molar-refractivity contribution in [1.29, 1.82) is 0 Å². The van der Waals surface area contributed by atoms with Crippen molar-refractivity contribution in [2.75, 3.05) is 33.3 Å². The number of carbonyl (C=O) groups is 1. The second kappa shape index (κ2) is 8.72. The molecule has 0 atom stereocenters. The van der Waals surface area contributed by atoms with Crippen LogP contribution in [0.4, 0.5) is 0 Å². The molecule has 4 rings (SSSR count). The van der Waals surface area contributed by atoms with E-state index in [9.17, 15) is 4.79 Å². The van der Waals surface area contributed by atoms with Crippen LogP contribution in [-0.2, 0) is 17.8 Å². The Kier molecular flexibility index (Phi) is 5.88. The molecule has 150 valence electrons. The maximum Gasteiger partial charge on any atom is 0.340 e. The average Bonchev–Trinajstić information content (AvgIpc) is 2.76. The first-order chi connectivity index (χ1) is 14.2. The van der Waals surface area contributed by atoms with Crippen LogP contribution in [0.25, 0.3) is 10.9 Å². The molecule has 1 saturated heterocycles. The van der Waals surface area contributed by atoms with Crippen LogP contribution in [0.15, 0.2) is 54.6 Å². The van der Waals surface area contributed by atoms with Gasteiger partial charge < -0.3 is 4.74 Å². The molecule has 0 N–H and O–H groups in total. The van der Waals surface area contributed by atoms with Gasteiger partial charge in [0.05, 0.1) is 23.9 Å². The number of hydrogen-bond acceptors (Lipinski definition) is 5. The molecule has 0 radical (unpaired) electrons. The zero-order valence-electron chi connectivity index (χ0n) is 17.1. The average molecular weight is 389 g/mol. The number of esters is 1. The lowest BCUT2D eigenvalue weighted by atomic mass is 10.0. The van der Waals surface area contributed by atoms with Gasteiger partial charge in [0.15, 0.2) is 0 Å². The number of rotatable bonds is 5. The molecule has 0 aliphatic carbocycles. The molecule has 1 aliphatic rings. The summed E-state index contributed by atoms with van der Waals surface area (Å²) in [6.45, 7) is 7.56. The quantitative estimate of drug-likeness (QED) is 0.624. The molecule has 0 spiro atoms. The Labute approximate surface area is 171 Å². The summed E-state index contributed by atoms with van der Waals surface area (Å²) in [5.41, 5.74) is 4.64. The maximum atomic E-state index is 12.5. The lowest BCUT2D eigenvalue weighted by molar-refractivity contribution is 0.0595. The van der Waals surface area contributed by atoms with Gasteiger partial charge in [-0.25, -0.2) is 4.79 Å². The third-order valence-electron chi connectivity index (χ3n) is 5.70. The Bertz CT molecular complexity index is 996. The number of carbonyl (C=O) groups excluding carboxylic acids is 1. The molecular weight excluding hydrogens is 362 g/mol. The number of fused-ring (bicyclic) bond motifs is 1. The maximum absolute atomic E-state index is 12.5. The molecule has 5 heteroatoms. The normalized spacial score (nSPS) is 15.5. The minimum Gasteiger partial charge on any atom is -0.465 e. The van der Waals surface area contributed by atoms with Crippen molar-refractivity contribution in [3.05, 3.63) is 77.0 Å². The minimum atomic E-state index is -0.307. The summed E-state index contributed by atoms with van der Waals surface area (Å²) >= 11 is 0. The van der Waals surface area contributed by atoms with E-state index in [1.54, 1.807) is 0 Å². The summed E-state index contributed by atoms with van der Waals surface area (Å²) in [6, 6.07) is 18.6. The van der Waals surface area contributed by atoms with Crippen LogP contribution in [0.1, 0.15) is 27.2 Å². The summed E-state index contributed by atoms with van der Waals surface area (Å²) in [4.78, 5) is 22.2. The van der Waals surface area contributed by atoms with E-state index in [1.807, 2.05) is 31.2 Å². The number of piperazine rings is 1. The summed E-state index contributed by atoms with van der Waals surface area (Å²) in [7, 11) is 1.43. The van der Waals surface area contributed by atoms with E-state index in [-0.39, 0.29) is 5.97 Å². The highest BCUT2D eigenvalue weighted by atomic mass is 16.5. The Morgan fingerprint density at radius 3 is 2.24 bits per heavy atom. The topological polar surface area (TPSA) is 45.7 Å². The van der Waals surface area contributed by atoms with E-state index in [0.717, 1.165) is 54.9 Å². The molecule has 29 heavy (non-hydrogen) atoms. The van der Waals surface area contributed by atoms with Crippen LogP contribution in [0, 0.1) is 6.92 Å². The molecule has 0 amide bonds. The predicted molar refractivity (Wildman–Crippen MR) is 115 cm³/mol. The molecule has 0 bridgehead atoms. The molecule has 1 fully saturated rings. The van der Waals surface area contributed by atoms with Crippen LogP contribution in [-0.4, -0.2) is 54.0 Å². The van der Waals surface area contributed by atoms with Gasteiger partial charge in [-0.15, -0.1) is 0 Å². The molecule has 0 saturated carbocycles. The molecule has 5 nitrogen and oxygen atoms in total. The van der Waals surface area contributed by atoms with Crippen molar-refractivity contribution in [3.63, 3.8) is 0 Å². The molecule has 0 unspecified atom stereocenters. The Hall–Kier alpha value is -2.76. The van der Waals surface area contributed by atoms with Gasteiger partial charge >= 0.3 is 5.97 Å². The van der Waals surface area contributed by atoms with Crippen molar-refractivity contribution < 1.29 is 9.53 Å². The first-order valence-corrected chi connectivity index (χ1v) is 10.1. The third kappa shape index (κ3) is 4.31. The van der Waals surface area contributed by atoms with Crippen LogP contribution in [0.3, 0.4) is 0 Å². The van der Waals surface area contributed by atoms with Crippen molar-refractivity contribution in [2.24, 2.45) is 0 Å². The van der Waals surface area contributed by atoms with E-state index >= 15 is 0 Å². The van der Waals surface area contributed by atoms with Crippen LogP contribution in [0.2, 0.25) is 0 Å². The minimum absolute atomic E-state index is 0.307. The van der Waals surface area contributed by atoms with E-state index < -0.39 is 0 Å². The fourth-order valence-electron chi connectivity index (χ4n) is 4.09. The van der Waals surface area contributed by atoms with Gasteiger partial charge in [0, 0.05) is 44.7 Å². The fraction of sp³-hybridized carbons (Fsp3) is 0.333. The monoisotopic (exact) mass is 389 g/mol. The largest absolute Gasteiger partial charge is 0.465 e. The number of pyridine rings is 1. The smallest absolute Gasteiger partial charge is 0.340 e. The van der Waals surface area contributed by atoms with Crippen molar-refractivity contribution in [2.45, 2.75) is 20.0 Å². The Morgan fingerprint density at radius 2 is 1.55 bits per heavy atom. The number of para-hydroxylation sites is 1. The van der Waals surface area contributed by atoms with Gasteiger partial charge in [-0.2, -0.15) is 0 Å². The van der Waals surface area contributed by atoms with Gasteiger partial charge in [0.2, 0.25) is 0 Å². The second-order valence-electron chi connectivity index (χ2n) is 7.61. The van der Waals surface area contributed by atoms with Gasteiger partial charge in [0.25, 0.3) is 0 Å². The van der Waals surface area contributed by atoms with Crippen molar-refractivity contribution >= 4 is 16.9 Å². The highest BCUT2D eigenvalue weighted by Gasteiger charge is 2.23. The molecule has 1 aromatic heterocycles. The highest BCUT2D eigenvalue weighted by Crippen LogP contribution is 2.25. The third-order valence-corrected chi connectivity index (χ3v) is 5.70. The van der Waals surface area contributed by atoms with E-state index in [4.69, 9.17) is 9.72 Å². The molecule has 2 aromatic carbocycles. The zero-order chi connectivity index (χ0) is 20.2. The number of ether oxygens (including phenoxy) is 1. The van der Waals surface area contributed by atoms with Gasteiger partial charge in [-0.1, -0.05) is 48.5 Å². The lowest BCUT2D eigenvalue weighted by Gasteiger charge is -2.34. The summed E-state index contributed by atoms with van der Waals surface area (Å²) in [6.07, 6.45) is 0. The SMILES string of the molecule is COC(=O)c1c(CN2CCN(Cc3ccccc3)CC2)nc2ccccc2c1C. The van der Waals surface area contributed by atoms with Gasteiger partial charge in [-0.05, 0) is 24.1 Å². The Morgan fingerprint density at radius 1 is 0.931 bits per heavy atom. The number of nitrogens with zero attached hydrogens (tertiary/aromatic N) is 3. The first-order valence-electron chi connectivity index (χ1n) is 10.1. The number of aryl methyl sites for hydroxylation is 1. The molecular formula is C24H27N3O2. The van der Waals surface area contributed by atoms with Gasteiger partial charge in [-0.3, -0.25) is 14.8 Å². The van der Waals surface area contributed by atoms with Crippen LogP contribution >= 0.6 is 0 Å². The van der Waals surface area contributed by atoms with Crippen molar-refractivity contribution in [1.82, 2.24) is 14.8 Å². The summed E-state index contributed by atoms with van der Waals surface area (Å²) in [5, 5.41) is 1.00. The van der Waals surface area contributed by atoms with Crippen molar-refractivity contribution in [3.8, 4) is 0 Å². The van der Waals surface area contributed by atoms with Crippen LogP contribution < -0.4 is 0 Å². The molecule has 1 aliphatic heterocycles. The lowest BCUT2D eigenvalue weighted by Crippen LogP contribution is -2.45. The van der Waals surface area contributed by atoms with E-state index in [2.05, 4.69) is 40.1 Å². The van der Waals surface area contributed by atoms with E-state index in [0.29, 0.717) is 12.1 Å². The second-order valence-corrected chi connectivity index (χ2v) is 7.61. The molecule has 3 aromatic rings.